The van der Waals surface area contributed by atoms with Crippen molar-refractivity contribution in [3.8, 4) is 5.75 Å². The molecule has 0 spiro atoms. The van der Waals surface area contributed by atoms with Crippen LogP contribution in [0.1, 0.15) is 11.1 Å². The van der Waals surface area contributed by atoms with Crippen molar-refractivity contribution < 1.29 is 9.13 Å². The van der Waals surface area contributed by atoms with Crippen molar-refractivity contribution in [1.82, 2.24) is 4.90 Å². The molecule has 2 N–H and O–H groups in total. The number of halogens is 1. The van der Waals surface area contributed by atoms with Gasteiger partial charge in [-0.25, -0.2) is 4.39 Å². The molecule has 0 saturated heterocycles. The molecule has 0 bridgehead atoms. The van der Waals surface area contributed by atoms with Gasteiger partial charge in [-0.2, -0.15) is 0 Å². The van der Waals surface area contributed by atoms with Gasteiger partial charge >= 0.3 is 0 Å². The largest absolute Gasteiger partial charge is 0.496 e. The van der Waals surface area contributed by atoms with Gasteiger partial charge in [0.15, 0.2) is 0 Å². The van der Waals surface area contributed by atoms with Crippen molar-refractivity contribution in [2.75, 3.05) is 26.7 Å². The van der Waals surface area contributed by atoms with E-state index in [1.54, 1.807) is 13.2 Å². The predicted molar refractivity (Wildman–Crippen MR) is 61.0 cm³/mol. The molecule has 1 heterocycles. The molecule has 3 nitrogen and oxygen atoms in total. The Morgan fingerprint density at radius 2 is 2.25 bits per heavy atom. The Balaban J connectivity index is 2.31. The Morgan fingerprint density at radius 1 is 1.44 bits per heavy atom. The van der Waals surface area contributed by atoms with Crippen molar-refractivity contribution in [3.05, 3.63) is 29.1 Å². The maximum absolute atomic E-state index is 13.6. The van der Waals surface area contributed by atoms with Gasteiger partial charge in [-0.3, -0.25) is 4.90 Å². The Bertz CT molecular complexity index is 382. The summed E-state index contributed by atoms with van der Waals surface area (Å²) in [6, 6.07) is 3.18. The summed E-state index contributed by atoms with van der Waals surface area (Å²) in [6.45, 7) is 3.08. The normalized spacial score (nSPS) is 15.9. The minimum atomic E-state index is -0.122. The molecule has 1 aliphatic heterocycles. The van der Waals surface area contributed by atoms with Crippen LogP contribution >= 0.6 is 0 Å². The SMILES string of the molecule is COc1ccc(F)c2c1CN(CCN)CC2. The van der Waals surface area contributed by atoms with Crippen LogP contribution in [-0.4, -0.2) is 31.6 Å². The number of hydrogen-bond acceptors (Lipinski definition) is 3. The molecule has 0 atom stereocenters. The van der Waals surface area contributed by atoms with E-state index in [2.05, 4.69) is 4.90 Å². The van der Waals surface area contributed by atoms with E-state index >= 15 is 0 Å². The lowest BCUT2D eigenvalue weighted by Gasteiger charge is -2.29. The molecule has 1 aromatic rings. The average Bonchev–Trinajstić information content (AvgIpc) is 2.30. The van der Waals surface area contributed by atoms with Crippen LogP contribution in [0.25, 0.3) is 0 Å². The standard InChI is InChI=1S/C12H17FN2O/c1-16-12-3-2-11(13)9-4-6-15(7-5-14)8-10(9)12/h2-3H,4-8,14H2,1H3. The third-order valence-electron chi connectivity index (χ3n) is 3.06. The van der Waals surface area contributed by atoms with E-state index in [9.17, 15) is 4.39 Å². The van der Waals surface area contributed by atoms with Crippen LogP contribution in [0.4, 0.5) is 4.39 Å². The van der Waals surface area contributed by atoms with Crippen molar-refractivity contribution in [1.29, 1.82) is 0 Å². The fraction of sp³-hybridized carbons (Fsp3) is 0.500. The van der Waals surface area contributed by atoms with Gasteiger partial charge in [0.1, 0.15) is 11.6 Å². The second-order valence-corrected chi connectivity index (χ2v) is 4.02. The molecule has 16 heavy (non-hydrogen) atoms. The smallest absolute Gasteiger partial charge is 0.127 e. The molecule has 0 amide bonds. The van der Waals surface area contributed by atoms with Crippen LogP contribution in [0.5, 0.6) is 5.75 Å². The fourth-order valence-electron chi connectivity index (χ4n) is 2.22. The van der Waals surface area contributed by atoms with Crippen molar-refractivity contribution in [3.63, 3.8) is 0 Å². The van der Waals surface area contributed by atoms with E-state index in [1.807, 2.05) is 0 Å². The van der Waals surface area contributed by atoms with E-state index < -0.39 is 0 Å². The summed E-state index contributed by atoms with van der Waals surface area (Å²) < 4.78 is 18.9. The van der Waals surface area contributed by atoms with Gasteiger partial charge in [0.25, 0.3) is 0 Å². The monoisotopic (exact) mass is 224 g/mol. The lowest BCUT2D eigenvalue weighted by Crippen LogP contribution is -2.35. The quantitative estimate of drug-likeness (QED) is 0.837. The third-order valence-corrected chi connectivity index (χ3v) is 3.06. The van der Waals surface area contributed by atoms with Crippen molar-refractivity contribution in [2.24, 2.45) is 5.73 Å². The van der Waals surface area contributed by atoms with E-state index in [0.717, 1.165) is 42.9 Å². The zero-order valence-electron chi connectivity index (χ0n) is 9.50. The van der Waals surface area contributed by atoms with Gasteiger partial charge in [0, 0.05) is 31.7 Å². The lowest BCUT2D eigenvalue weighted by molar-refractivity contribution is 0.252. The Hall–Kier alpha value is -1.13. The number of methoxy groups -OCH3 is 1. The van der Waals surface area contributed by atoms with Gasteiger partial charge in [0.2, 0.25) is 0 Å². The lowest BCUT2D eigenvalue weighted by atomic mass is 9.98. The number of nitrogens with two attached hydrogens (primary N) is 1. The van der Waals surface area contributed by atoms with Crippen LogP contribution in [0.15, 0.2) is 12.1 Å². The van der Waals surface area contributed by atoms with Crippen molar-refractivity contribution in [2.45, 2.75) is 13.0 Å². The van der Waals surface area contributed by atoms with Gasteiger partial charge < -0.3 is 10.5 Å². The van der Waals surface area contributed by atoms with E-state index in [-0.39, 0.29) is 5.82 Å². The zero-order chi connectivity index (χ0) is 11.5. The maximum Gasteiger partial charge on any atom is 0.127 e. The van der Waals surface area contributed by atoms with Gasteiger partial charge in [-0.15, -0.1) is 0 Å². The molecule has 0 aromatic heterocycles. The van der Waals surface area contributed by atoms with E-state index in [1.165, 1.54) is 6.07 Å². The highest BCUT2D eigenvalue weighted by Crippen LogP contribution is 2.29. The summed E-state index contributed by atoms with van der Waals surface area (Å²) in [6.07, 6.45) is 0.734. The number of rotatable bonds is 3. The van der Waals surface area contributed by atoms with Crippen LogP contribution in [0, 0.1) is 5.82 Å². The first kappa shape index (κ1) is 11.4. The van der Waals surface area contributed by atoms with Crippen molar-refractivity contribution >= 4 is 0 Å². The molecule has 88 valence electrons. The summed E-state index contributed by atoms with van der Waals surface area (Å²) in [5, 5.41) is 0. The second kappa shape index (κ2) is 4.80. The van der Waals surface area contributed by atoms with Gasteiger partial charge in [0.05, 0.1) is 7.11 Å². The first-order valence-electron chi connectivity index (χ1n) is 5.53. The van der Waals surface area contributed by atoms with Crippen LogP contribution in [0.3, 0.4) is 0 Å². The maximum atomic E-state index is 13.6. The Labute approximate surface area is 95.0 Å². The topological polar surface area (TPSA) is 38.5 Å². The number of hydrogen-bond donors (Lipinski definition) is 1. The molecule has 4 heteroatoms. The van der Waals surface area contributed by atoms with Crippen LogP contribution in [0.2, 0.25) is 0 Å². The highest BCUT2D eigenvalue weighted by atomic mass is 19.1. The minimum absolute atomic E-state index is 0.122. The first-order chi connectivity index (χ1) is 7.76. The number of fused-ring (bicyclic) bond motifs is 1. The van der Waals surface area contributed by atoms with Crippen LogP contribution in [-0.2, 0) is 13.0 Å². The molecular weight excluding hydrogens is 207 g/mol. The zero-order valence-corrected chi connectivity index (χ0v) is 9.50. The number of nitrogens with zero attached hydrogens (tertiary/aromatic N) is 1. The molecule has 0 fully saturated rings. The summed E-state index contributed by atoms with van der Waals surface area (Å²) in [5.74, 6) is 0.654. The fourth-order valence-corrected chi connectivity index (χ4v) is 2.22. The summed E-state index contributed by atoms with van der Waals surface area (Å²) in [5.41, 5.74) is 7.31. The molecule has 1 aromatic carbocycles. The average molecular weight is 224 g/mol. The second-order valence-electron chi connectivity index (χ2n) is 4.02. The molecular formula is C12H17FN2O. The molecule has 0 unspecified atom stereocenters. The third kappa shape index (κ3) is 2.03. The molecule has 0 radical (unpaired) electrons. The van der Waals surface area contributed by atoms with Gasteiger partial charge in [-0.05, 0) is 24.1 Å². The van der Waals surface area contributed by atoms with E-state index in [0.29, 0.717) is 6.54 Å². The highest BCUT2D eigenvalue weighted by molar-refractivity contribution is 5.42. The summed E-state index contributed by atoms with van der Waals surface area (Å²) >= 11 is 0. The molecule has 1 aliphatic rings. The summed E-state index contributed by atoms with van der Waals surface area (Å²) in [7, 11) is 1.62. The predicted octanol–water partition coefficient (Wildman–Crippen LogP) is 1.15. The number of benzene rings is 1. The van der Waals surface area contributed by atoms with Crippen LogP contribution < -0.4 is 10.5 Å². The molecule has 0 saturated carbocycles. The highest BCUT2D eigenvalue weighted by Gasteiger charge is 2.21. The number of ether oxygens (including phenoxy) is 1. The summed E-state index contributed by atoms with van der Waals surface area (Å²) in [4.78, 5) is 2.23. The molecule has 0 aliphatic carbocycles. The Kier molecular flexibility index (Phi) is 3.41. The van der Waals surface area contributed by atoms with E-state index in [4.69, 9.17) is 10.5 Å². The first-order valence-corrected chi connectivity index (χ1v) is 5.53. The Morgan fingerprint density at radius 3 is 2.94 bits per heavy atom. The molecule has 2 rings (SSSR count). The minimum Gasteiger partial charge on any atom is -0.496 e. The van der Waals surface area contributed by atoms with Gasteiger partial charge in [-0.1, -0.05) is 0 Å².